The number of esters is 1. The molecule has 2 N–H and O–H groups in total. The highest BCUT2D eigenvalue weighted by Gasteiger charge is 2.34. The number of nitrogens with one attached hydrogen (secondary N) is 2. The lowest BCUT2D eigenvalue weighted by atomic mass is 9.95. The van der Waals surface area contributed by atoms with Crippen molar-refractivity contribution < 1.29 is 23.8 Å². The van der Waals surface area contributed by atoms with Gasteiger partial charge in [0.15, 0.2) is 11.5 Å². The Morgan fingerprint density at radius 2 is 1.97 bits per heavy atom. The first kappa shape index (κ1) is 23.0. The van der Waals surface area contributed by atoms with Crippen molar-refractivity contribution in [1.82, 2.24) is 10.6 Å². The number of rotatable bonds is 7. The number of methoxy groups -OCH3 is 1. The predicted molar refractivity (Wildman–Crippen MR) is 120 cm³/mol. The number of urea groups is 1. The standard InChI is InChI=1S/C22H22BrClN2O5/c1-4-30-21(27)19-12(2)25-22(28)26-20(19)14-9-17(29-3)18(10-15(14)23)31-11-13-7-5-6-8-16(13)24/h5-10,20H,4,11H2,1-3H3,(H2,25,26,28). The average Bonchev–Trinajstić information content (AvgIpc) is 2.72. The number of carbonyl (C=O) groups is 2. The smallest absolute Gasteiger partial charge is 0.338 e. The second kappa shape index (κ2) is 10.1. The van der Waals surface area contributed by atoms with Gasteiger partial charge in [0.05, 0.1) is 25.3 Å². The molecular formula is C22H22BrClN2O5. The molecule has 164 valence electrons. The van der Waals surface area contributed by atoms with E-state index in [4.69, 9.17) is 25.8 Å². The molecule has 2 aromatic carbocycles. The van der Waals surface area contributed by atoms with Crippen LogP contribution in [0.15, 0.2) is 52.1 Å². The van der Waals surface area contributed by atoms with E-state index in [1.165, 1.54) is 7.11 Å². The van der Waals surface area contributed by atoms with E-state index in [1.807, 2.05) is 18.2 Å². The van der Waals surface area contributed by atoms with E-state index in [2.05, 4.69) is 26.6 Å². The number of halogens is 2. The molecule has 0 bridgehead atoms. The first-order valence-electron chi connectivity index (χ1n) is 9.54. The van der Waals surface area contributed by atoms with Gasteiger partial charge in [-0.3, -0.25) is 0 Å². The van der Waals surface area contributed by atoms with Crippen molar-refractivity contribution in [2.24, 2.45) is 0 Å². The van der Waals surface area contributed by atoms with Gasteiger partial charge in [-0.25, -0.2) is 9.59 Å². The maximum Gasteiger partial charge on any atom is 0.338 e. The van der Waals surface area contributed by atoms with Crippen molar-refractivity contribution in [2.75, 3.05) is 13.7 Å². The highest BCUT2D eigenvalue weighted by molar-refractivity contribution is 9.10. The summed E-state index contributed by atoms with van der Waals surface area (Å²) >= 11 is 9.74. The van der Waals surface area contributed by atoms with Gasteiger partial charge < -0.3 is 24.8 Å². The Morgan fingerprint density at radius 3 is 2.65 bits per heavy atom. The molecule has 0 aliphatic carbocycles. The van der Waals surface area contributed by atoms with Gasteiger partial charge in [-0.1, -0.05) is 45.7 Å². The number of hydrogen-bond acceptors (Lipinski definition) is 5. The number of carbonyl (C=O) groups excluding carboxylic acids is 2. The SMILES string of the molecule is CCOC(=O)C1=C(C)NC(=O)NC1c1cc(OC)c(OCc2ccccc2Cl)cc1Br. The highest BCUT2D eigenvalue weighted by atomic mass is 79.9. The van der Waals surface area contributed by atoms with Crippen LogP contribution in [0.1, 0.15) is 31.0 Å². The summed E-state index contributed by atoms with van der Waals surface area (Å²) in [5.41, 5.74) is 2.20. The molecule has 7 nitrogen and oxygen atoms in total. The normalized spacial score (nSPS) is 15.8. The van der Waals surface area contributed by atoms with E-state index in [1.54, 1.807) is 32.0 Å². The number of hydrogen-bond donors (Lipinski definition) is 2. The Balaban J connectivity index is 1.96. The topological polar surface area (TPSA) is 85.9 Å². The van der Waals surface area contributed by atoms with E-state index in [-0.39, 0.29) is 13.2 Å². The van der Waals surface area contributed by atoms with E-state index >= 15 is 0 Å². The Labute approximate surface area is 193 Å². The average molecular weight is 510 g/mol. The van der Waals surface area contributed by atoms with E-state index in [0.717, 1.165) is 5.56 Å². The second-order valence-electron chi connectivity index (χ2n) is 6.70. The van der Waals surface area contributed by atoms with Crippen molar-refractivity contribution in [3.63, 3.8) is 0 Å². The summed E-state index contributed by atoms with van der Waals surface area (Å²) in [6.07, 6.45) is 0. The van der Waals surface area contributed by atoms with Crippen LogP contribution in [0.4, 0.5) is 4.79 Å². The molecular weight excluding hydrogens is 488 g/mol. The summed E-state index contributed by atoms with van der Waals surface area (Å²) < 4.78 is 17.3. The molecule has 2 aromatic rings. The third-order valence-corrected chi connectivity index (χ3v) is 5.75. The number of amides is 2. The summed E-state index contributed by atoms with van der Waals surface area (Å²) in [5, 5.41) is 6.00. The quantitative estimate of drug-likeness (QED) is 0.520. The highest BCUT2D eigenvalue weighted by Crippen LogP contribution is 2.40. The van der Waals surface area contributed by atoms with Gasteiger partial charge >= 0.3 is 12.0 Å². The second-order valence-corrected chi connectivity index (χ2v) is 7.96. The molecule has 0 aromatic heterocycles. The van der Waals surface area contributed by atoms with Gasteiger partial charge in [0.2, 0.25) is 0 Å². The van der Waals surface area contributed by atoms with Crippen LogP contribution in [-0.4, -0.2) is 25.7 Å². The molecule has 1 heterocycles. The molecule has 1 aliphatic heterocycles. The van der Waals surface area contributed by atoms with Gasteiger partial charge in [0.1, 0.15) is 6.61 Å². The molecule has 0 saturated heterocycles. The summed E-state index contributed by atoms with van der Waals surface area (Å²) in [6.45, 7) is 3.85. The summed E-state index contributed by atoms with van der Waals surface area (Å²) in [4.78, 5) is 24.7. The van der Waals surface area contributed by atoms with Crippen LogP contribution in [0, 0.1) is 0 Å². The molecule has 2 amide bonds. The Morgan fingerprint density at radius 1 is 1.23 bits per heavy atom. The minimum absolute atomic E-state index is 0.218. The Hall–Kier alpha value is -2.71. The zero-order chi connectivity index (χ0) is 22.5. The van der Waals surface area contributed by atoms with Crippen molar-refractivity contribution in [1.29, 1.82) is 0 Å². The molecule has 0 spiro atoms. The molecule has 0 fully saturated rings. The van der Waals surface area contributed by atoms with Crippen molar-refractivity contribution in [3.05, 3.63) is 68.3 Å². The molecule has 0 saturated carbocycles. The van der Waals surface area contributed by atoms with Crippen LogP contribution < -0.4 is 20.1 Å². The van der Waals surface area contributed by atoms with Crippen LogP contribution in [0.5, 0.6) is 11.5 Å². The van der Waals surface area contributed by atoms with Gasteiger partial charge in [0.25, 0.3) is 0 Å². The van der Waals surface area contributed by atoms with Gasteiger partial charge in [-0.15, -0.1) is 0 Å². The van der Waals surface area contributed by atoms with E-state index in [9.17, 15) is 9.59 Å². The molecule has 31 heavy (non-hydrogen) atoms. The van der Waals surface area contributed by atoms with E-state index in [0.29, 0.717) is 37.8 Å². The largest absolute Gasteiger partial charge is 0.493 e. The Kier molecular flexibility index (Phi) is 7.46. The fourth-order valence-corrected chi connectivity index (χ4v) is 3.96. The minimum Gasteiger partial charge on any atom is -0.493 e. The molecule has 1 unspecified atom stereocenters. The summed E-state index contributed by atoms with van der Waals surface area (Å²) in [6, 6.07) is 9.71. The predicted octanol–water partition coefficient (Wildman–Crippen LogP) is 4.88. The lowest BCUT2D eigenvalue weighted by Crippen LogP contribution is -2.45. The van der Waals surface area contributed by atoms with Crippen molar-refractivity contribution >= 4 is 39.5 Å². The van der Waals surface area contributed by atoms with Crippen LogP contribution in [0.25, 0.3) is 0 Å². The van der Waals surface area contributed by atoms with Crippen LogP contribution in [0.2, 0.25) is 5.02 Å². The van der Waals surface area contributed by atoms with Crippen LogP contribution >= 0.6 is 27.5 Å². The monoisotopic (exact) mass is 508 g/mol. The maximum atomic E-state index is 12.6. The minimum atomic E-state index is -0.728. The fraction of sp³-hybridized carbons (Fsp3) is 0.273. The van der Waals surface area contributed by atoms with Gasteiger partial charge in [0, 0.05) is 20.8 Å². The first-order valence-corrected chi connectivity index (χ1v) is 10.7. The van der Waals surface area contributed by atoms with Crippen molar-refractivity contribution in [3.8, 4) is 11.5 Å². The molecule has 3 rings (SSSR count). The lowest BCUT2D eigenvalue weighted by Gasteiger charge is -2.29. The summed E-state index contributed by atoms with van der Waals surface area (Å²) in [7, 11) is 1.52. The number of ether oxygens (including phenoxy) is 3. The lowest BCUT2D eigenvalue weighted by molar-refractivity contribution is -0.139. The number of benzene rings is 2. The van der Waals surface area contributed by atoms with Gasteiger partial charge in [-0.2, -0.15) is 0 Å². The van der Waals surface area contributed by atoms with Crippen LogP contribution in [0.3, 0.4) is 0 Å². The zero-order valence-corrected chi connectivity index (χ0v) is 19.6. The maximum absolute atomic E-state index is 12.6. The fourth-order valence-electron chi connectivity index (χ4n) is 3.22. The van der Waals surface area contributed by atoms with Gasteiger partial charge in [-0.05, 0) is 37.6 Å². The van der Waals surface area contributed by atoms with Crippen molar-refractivity contribution in [2.45, 2.75) is 26.5 Å². The van der Waals surface area contributed by atoms with E-state index < -0.39 is 18.0 Å². The third kappa shape index (κ3) is 5.14. The zero-order valence-electron chi connectivity index (χ0n) is 17.3. The molecule has 9 heteroatoms. The third-order valence-electron chi connectivity index (χ3n) is 4.70. The molecule has 1 aliphatic rings. The Bertz CT molecular complexity index is 1040. The number of allylic oxidation sites excluding steroid dienone is 1. The summed E-state index contributed by atoms with van der Waals surface area (Å²) in [5.74, 6) is 0.415. The first-order chi connectivity index (χ1) is 14.8. The molecule has 0 radical (unpaired) electrons. The van der Waals surface area contributed by atoms with Crippen LogP contribution in [-0.2, 0) is 16.1 Å². The molecule has 1 atom stereocenters.